The first-order chi connectivity index (χ1) is 12.6. The summed E-state index contributed by atoms with van der Waals surface area (Å²) >= 11 is 0. The number of alkyl carbamates (subject to hydrolysis) is 1. The highest BCUT2D eigenvalue weighted by Gasteiger charge is 2.35. The lowest BCUT2D eigenvalue weighted by molar-refractivity contribution is 0.0726. The monoisotopic (exact) mass is 362 g/mol. The number of rotatable bonds is 5. The number of methoxy groups -OCH3 is 1. The van der Waals surface area contributed by atoms with Gasteiger partial charge in [0.2, 0.25) is 0 Å². The molecule has 2 aromatic rings. The highest BCUT2D eigenvalue weighted by atomic mass is 19.1. The highest BCUT2D eigenvalue weighted by Crippen LogP contribution is 2.22. The van der Waals surface area contributed by atoms with Gasteiger partial charge in [-0.3, -0.25) is 4.79 Å². The Kier molecular flexibility index (Phi) is 5.40. The van der Waals surface area contributed by atoms with Gasteiger partial charge in [0.15, 0.2) is 0 Å². The molecule has 1 aromatic heterocycles. The van der Waals surface area contributed by atoms with Crippen LogP contribution in [0.25, 0.3) is 0 Å². The lowest BCUT2D eigenvalue weighted by Gasteiger charge is -2.24. The van der Waals surface area contributed by atoms with Crippen LogP contribution in [0.4, 0.5) is 9.18 Å². The molecule has 2 amide bonds. The van der Waals surface area contributed by atoms with E-state index in [4.69, 9.17) is 0 Å². The van der Waals surface area contributed by atoms with E-state index in [0.29, 0.717) is 12.1 Å². The van der Waals surface area contributed by atoms with E-state index in [1.807, 2.05) is 0 Å². The number of alkyl halides is 1. The zero-order valence-corrected chi connectivity index (χ0v) is 14.2. The Labute approximate surface area is 149 Å². The Morgan fingerprint density at radius 2 is 2.12 bits per heavy atom. The van der Waals surface area contributed by atoms with E-state index in [-0.39, 0.29) is 25.4 Å². The first kappa shape index (κ1) is 17.8. The summed E-state index contributed by atoms with van der Waals surface area (Å²) in [6.07, 6.45) is -0.0226. The van der Waals surface area contributed by atoms with Gasteiger partial charge in [0.05, 0.1) is 26.2 Å². The summed E-state index contributed by atoms with van der Waals surface area (Å²) in [5, 5.41) is 13.4. The van der Waals surface area contributed by atoms with Gasteiger partial charge >= 0.3 is 6.09 Å². The van der Waals surface area contributed by atoms with Crippen molar-refractivity contribution in [3.05, 3.63) is 41.7 Å². The number of halogens is 1. The average molecular weight is 362 g/mol. The van der Waals surface area contributed by atoms with E-state index in [0.717, 1.165) is 5.56 Å². The summed E-state index contributed by atoms with van der Waals surface area (Å²) in [6.45, 7) is 0.651. The van der Waals surface area contributed by atoms with Gasteiger partial charge in [-0.25, -0.2) is 13.9 Å². The Morgan fingerprint density at radius 3 is 2.77 bits per heavy atom. The Bertz CT molecular complexity index is 752. The Morgan fingerprint density at radius 1 is 1.35 bits per heavy atom. The zero-order chi connectivity index (χ0) is 18.5. The van der Waals surface area contributed by atoms with Crippen LogP contribution in [0, 0.1) is 0 Å². The van der Waals surface area contributed by atoms with Crippen molar-refractivity contribution >= 4 is 12.0 Å². The molecular formula is C16H19FN6O3. The first-order valence-electron chi connectivity index (χ1n) is 8.13. The molecule has 3 rings (SSSR count). The molecule has 1 N–H and O–H groups in total. The quantitative estimate of drug-likeness (QED) is 0.837. The maximum atomic E-state index is 13.8. The smallest absolute Gasteiger partial charge is 0.406 e. The molecule has 1 aliphatic heterocycles. The van der Waals surface area contributed by atoms with E-state index < -0.39 is 18.3 Å². The average Bonchev–Trinajstić information content (AvgIpc) is 3.29. The molecule has 1 aliphatic rings. The van der Waals surface area contributed by atoms with Crippen molar-refractivity contribution in [1.29, 1.82) is 0 Å². The van der Waals surface area contributed by atoms with E-state index in [9.17, 15) is 14.0 Å². The van der Waals surface area contributed by atoms with Crippen molar-refractivity contribution < 1.29 is 18.7 Å². The van der Waals surface area contributed by atoms with Crippen LogP contribution in [0.3, 0.4) is 0 Å². The second kappa shape index (κ2) is 7.89. The van der Waals surface area contributed by atoms with Crippen LogP contribution in [0.2, 0.25) is 0 Å². The second-order valence-electron chi connectivity index (χ2n) is 6.02. The molecule has 9 nitrogen and oxygen atoms in total. The largest absolute Gasteiger partial charge is 0.453 e. The SMILES string of the molecule is COC(=O)NC[C@@H]1C[C@H](F)CN1C(=O)c1ccc(Cn2cnnn2)cc1. The van der Waals surface area contributed by atoms with E-state index in [1.165, 1.54) is 18.3 Å². The topological polar surface area (TPSA) is 102 Å². The fourth-order valence-corrected chi connectivity index (χ4v) is 2.93. The second-order valence-corrected chi connectivity index (χ2v) is 6.02. The Balaban J connectivity index is 1.65. The van der Waals surface area contributed by atoms with Gasteiger partial charge < -0.3 is 15.0 Å². The van der Waals surface area contributed by atoms with Crippen LogP contribution >= 0.6 is 0 Å². The predicted octanol–water partition coefficient (Wildman–Crippen LogP) is 0.630. The summed E-state index contributed by atoms with van der Waals surface area (Å²) in [4.78, 5) is 25.4. The number of nitrogens with zero attached hydrogens (tertiary/aromatic N) is 5. The molecule has 0 aliphatic carbocycles. The molecule has 0 unspecified atom stereocenters. The number of tetrazole rings is 1. The molecule has 10 heteroatoms. The van der Waals surface area contributed by atoms with Crippen LogP contribution in [0.15, 0.2) is 30.6 Å². The fourth-order valence-electron chi connectivity index (χ4n) is 2.93. The molecule has 1 saturated heterocycles. The van der Waals surface area contributed by atoms with Crippen LogP contribution in [-0.4, -0.2) is 69.5 Å². The third-order valence-corrected chi connectivity index (χ3v) is 4.23. The minimum absolute atomic E-state index is 0.0126. The van der Waals surface area contributed by atoms with Crippen molar-refractivity contribution in [1.82, 2.24) is 30.4 Å². The highest BCUT2D eigenvalue weighted by molar-refractivity contribution is 5.94. The van der Waals surface area contributed by atoms with E-state index in [2.05, 4.69) is 25.6 Å². The molecule has 1 fully saturated rings. The van der Waals surface area contributed by atoms with Gasteiger partial charge in [-0.15, -0.1) is 5.10 Å². The van der Waals surface area contributed by atoms with Gasteiger partial charge in [0.1, 0.15) is 12.5 Å². The van der Waals surface area contributed by atoms with E-state index in [1.54, 1.807) is 28.9 Å². The van der Waals surface area contributed by atoms with Crippen LogP contribution in [0.1, 0.15) is 22.3 Å². The molecule has 2 heterocycles. The van der Waals surface area contributed by atoms with Crippen LogP contribution in [0.5, 0.6) is 0 Å². The molecule has 2 atom stereocenters. The summed E-state index contributed by atoms with van der Waals surface area (Å²) in [5.41, 5.74) is 1.39. The maximum Gasteiger partial charge on any atom is 0.406 e. The molecule has 26 heavy (non-hydrogen) atoms. The van der Waals surface area contributed by atoms with E-state index >= 15 is 0 Å². The molecule has 0 saturated carbocycles. The number of carbonyl (C=O) groups is 2. The molecule has 0 radical (unpaired) electrons. The van der Waals surface area contributed by atoms with Crippen molar-refractivity contribution in [2.75, 3.05) is 20.2 Å². The number of ether oxygens (including phenoxy) is 1. The number of amides is 2. The third kappa shape index (κ3) is 4.13. The maximum absolute atomic E-state index is 13.8. The van der Waals surface area contributed by atoms with Gasteiger partial charge in [-0.05, 0) is 28.1 Å². The van der Waals surface area contributed by atoms with Gasteiger partial charge in [-0.2, -0.15) is 0 Å². The third-order valence-electron chi connectivity index (χ3n) is 4.23. The van der Waals surface area contributed by atoms with Crippen LogP contribution in [-0.2, 0) is 11.3 Å². The molecule has 1 aromatic carbocycles. The standard InChI is InChI=1S/C16H19FN6O3/c1-26-16(25)18-7-14-6-13(17)9-23(14)15(24)12-4-2-11(3-5-12)8-22-10-19-20-21-22/h2-5,10,13-14H,6-9H2,1H3,(H,18,25)/t13-,14-/m0/s1. The fraction of sp³-hybridized carbons (Fsp3) is 0.438. The number of hydrogen-bond donors (Lipinski definition) is 1. The lowest BCUT2D eigenvalue weighted by atomic mass is 10.1. The number of carbonyl (C=O) groups excluding carboxylic acids is 2. The van der Waals surface area contributed by atoms with Crippen molar-refractivity contribution in [2.45, 2.75) is 25.2 Å². The number of likely N-dealkylation sites (tertiary alicyclic amines) is 1. The molecule has 0 bridgehead atoms. The number of aromatic nitrogens is 4. The minimum atomic E-state index is -1.11. The predicted molar refractivity (Wildman–Crippen MR) is 88.1 cm³/mol. The Hall–Kier alpha value is -3.04. The van der Waals surface area contributed by atoms with Crippen LogP contribution < -0.4 is 5.32 Å². The van der Waals surface area contributed by atoms with Crippen molar-refractivity contribution in [3.63, 3.8) is 0 Å². The molecule has 0 spiro atoms. The van der Waals surface area contributed by atoms with Crippen molar-refractivity contribution in [3.8, 4) is 0 Å². The number of nitrogens with one attached hydrogen (secondary N) is 1. The summed E-state index contributed by atoms with van der Waals surface area (Å²) in [6, 6.07) is 6.59. The molecular weight excluding hydrogens is 343 g/mol. The lowest BCUT2D eigenvalue weighted by Crippen LogP contribution is -2.43. The first-order valence-corrected chi connectivity index (χ1v) is 8.13. The normalized spacial score (nSPS) is 19.4. The summed E-state index contributed by atoms with van der Waals surface area (Å²) < 4.78 is 19.9. The van der Waals surface area contributed by atoms with Gasteiger partial charge in [-0.1, -0.05) is 12.1 Å². The number of hydrogen-bond acceptors (Lipinski definition) is 6. The zero-order valence-electron chi connectivity index (χ0n) is 14.2. The van der Waals surface area contributed by atoms with Gasteiger partial charge in [0.25, 0.3) is 5.91 Å². The summed E-state index contributed by atoms with van der Waals surface area (Å²) in [5.74, 6) is -0.268. The van der Waals surface area contributed by atoms with Gasteiger partial charge in [0, 0.05) is 18.5 Å². The van der Waals surface area contributed by atoms with Crippen molar-refractivity contribution in [2.24, 2.45) is 0 Å². The minimum Gasteiger partial charge on any atom is -0.453 e. The summed E-state index contributed by atoms with van der Waals surface area (Å²) in [7, 11) is 1.25. The number of benzene rings is 1. The molecule has 138 valence electrons.